The Hall–Kier alpha value is -3.69. The van der Waals surface area contributed by atoms with Crippen molar-refractivity contribution in [2.75, 3.05) is 0 Å². The second-order valence-electron chi connectivity index (χ2n) is 10.5. The maximum Gasteiger partial charge on any atom is 0.491 e. The normalized spacial score (nSPS) is 21.2. The highest BCUT2D eigenvalue weighted by atomic mass is 19.1. The number of hydrogen-bond donors (Lipinski definition) is 1. The molecule has 1 fully saturated rings. The molecule has 0 bridgehead atoms. The first-order chi connectivity index (χ1) is 18.1. The van der Waals surface area contributed by atoms with Gasteiger partial charge in [0, 0.05) is 12.0 Å². The highest BCUT2D eigenvalue weighted by Gasteiger charge is 2.49. The number of morpholine rings is 1. The summed E-state index contributed by atoms with van der Waals surface area (Å²) in [5.41, 5.74) is 1.44. The largest absolute Gasteiger partial charge is 0.491 e. The second-order valence-corrected chi connectivity index (χ2v) is 10.5. The third kappa shape index (κ3) is 5.04. The van der Waals surface area contributed by atoms with Crippen LogP contribution in [-0.2, 0) is 32.0 Å². The highest BCUT2D eigenvalue weighted by Crippen LogP contribution is 2.43. The molecule has 0 aliphatic carbocycles. The molecule has 1 amide bonds. The number of ether oxygens (including phenoxy) is 2. The van der Waals surface area contributed by atoms with Gasteiger partial charge in [-0.25, -0.2) is 14.0 Å². The zero-order chi connectivity index (χ0) is 27.0. The zero-order valence-corrected chi connectivity index (χ0v) is 21.5. The molecule has 0 aromatic heterocycles. The van der Waals surface area contributed by atoms with Crippen molar-refractivity contribution in [3.8, 4) is 0 Å². The smallest absolute Gasteiger partial charge is 0.453 e. The summed E-state index contributed by atoms with van der Waals surface area (Å²) in [6.45, 7) is 5.17. The van der Waals surface area contributed by atoms with Crippen LogP contribution in [-0.4, -0.2) is 40.7 Å². The van der Waals surface area contributed by atoms with Crippen LogP contribution in [0.4, 0.5) is 9.18 Å². The summed E-state index contributed by atoms with van der Waals surface area (Å²) < 4.78 is 32.5. The molecule has 0 saturated carbocycles. The maximum absolute atomic E-state index is 15.5. The van der Waals surface area contributed by atoms with Crippen molar-refractivity contribution in [3.05, 3.63) is 101 Å². The van der Waals surface area contributed by atoms with Crippen LogP contribution >= 0.6 is 0 Å². The van der Waals surface area contributed by atoms with E-state index in [0.29, 0.717) is 5.46 Å². The molecular formula is C29H29BFNO6. The van der Waals surface area contributed by atoms with E-state index in [2.05, 4.69) is 0 Å². The van der Waals surface area contributed by atoms with Crippen LogP contribution < -0.4 is 5.46 Å². The molecule has 9 heteroatoms. The predicted octanol–water partition coefficient (Wildman–Crippen LogP) is 4.23. The van der Waals surface area contributed by atoms with Crippen LogP contribution in [0.1, 0.15) is 55.2 Å². The molecule has 2 aliphatic heterocycles. The van der Waals surface area contributed by atoms with Crippen molar-refractivity contribution in [1.29, 1.82) is 0 Å². The molecule has 1 N–H and O–H groups in total. The van der Waals surface area contributed by atoms with E-state index >= 15 is 4.39 Å². The lowest BCUT2D eigenvalue weighted by molar-refractivity contribution is -0.174. The van der Waals surface area contributed by atoms with Gasteiger partial charge in [-0.3, -0.25) is 4.90 Å². The monoisotopic (exact) mass is 517 g/mol. The third-order valence-corrected chi connectivity index (χ3v) is 6.74. The Morgan fingerprint density at radius 1 is 1.05 bits per heavy atom. The average molecular weight is 517 g/mol. The summed E-state index contributed by atoms with van der Waals surface area (Å²) in [6, 6.07) is 19.7. The van der Waals surface area contributed by atoms with Gasteiger partial charge in [-0.05, 0) is 42.9 Å². The molecule has 0 spiro atoms. The number of halogens is 1. The Morgan fingerprint density at radius 2 is 1.68 bits per heavy atom. The minimum atomic E-state index is -1.19. The molecule has 0 unspecified atom stereocenters. The molecule has 1 saturated heterocycles. The number of cyclic esters (lactones) is 1. The van der Waals surface area contributed by atoms with Crippen LogP contribution in [0.5, 0.6) is 0 Å². The molecular weight excluding hydrogens is 488 g/mol. The zero-order valence-electron chi connectivity index (χ0n) is 21.5. The number of esters is 1. The number of amides is 1. The van der Waals surface area contributed by atoms with E-state index < -0.39 is 48.8 Å². The Balaban J connectivity index is 1.61. The first-order valence-electron chi connectivity index (χ1n) is 12.6. The van der Waals surface area contributed by atoms with Crippen molar-refractivity contribution < 1.29 is 33.1 Å². The fraction of sp³-hybridized carbons (Fsp3) is 0.310. The number of rotatable bonds is 4. The minimum absolute atomic E-state index is 0.0796. The summed E-state index contributed by atoms with van der Waals surface area (Å²) in [6.07, 6.45) is -1.64. The molecule has 3 aromatic rings. The fourth-order valence-corrected chi connectivity index (χ4v) is 5.02. The Morgan fingerprint density at radius 3 is 2.32 bits per heavy atom. The second kappa shape index (κ2) is 10.2. The van der Waals surface area contributed by atoms with Gasteiger partial charge in [0.05, 0.1) is 6.61 Å². The fourth-order valence-electron chi connectivity index (χ4n) is 5.02. The first kappa shape index (κ1) is 25.9. The molecule has 0 radical (unpaired) electrons. The quantitative estimate of drug-likeness (QED) is 0.412. The van der Waals surface area contributed by atoms with Crippen LogP contribution in [0.3, 0.4) is 0 Å². The molecule has 38 heavy (non-hydrogen) atoms. The number of nitrogens with zero attached hydrogens (tertiary/aromatic N) is 1. The Labute approximate surface area is 221 Å². The van der Waals surface area contributed by atoms with Crippen molar-refractivity contribution in [2.45, 2.75) is 57.6 Å². The molecule has 2 aliphatic rings. The minimum Gasteiger partial charge on any atom is -0.453 e. The van der Waals surface area contributed by atoms with Gasteiger partial charge >= 0.3 is 19.2 Å². The predicted molar refractivity (Wildman–Crippen MR) is 139 cm³/mol. The molecule has 196 valence electrons. The molecule has 2 heterocycles. The average Bonchev–Trinajstić information content (AvgIpc) is 3.27. The van der Waals surface area contributed by atoms with Crippen LogP contribution in [0.2, 0.25) is 0 Å². The van der Waals surface area contributed by atoms with Gasteiger partial charge in [0.1, 0.15) is 23.5 Å². The summed E-state index contributed by atoms with van der Waals surface area (Å²) in [5.74, 6) is -1.23. The lowest BCUT2D eigenvalue weighted by Gasteiger charge is -2.45. The standard InChI is InChI=1S/C29H29BFNO6/c1-29(2,3)38-28(34)32-23(16-20-14-15-22-21(24(20)31)17-36-30(22)35)27(33)37-26(19-12-8-5-9-13-19)25(32)18-10-6-4-7-11-18/h4-15,23,25-26,35H,16-17H2,1-3H3/t23-,25-,26+/m0/s1. The summed E-state index contributed by atoms with van der Waals surface area (Å²) in [7, 11) is -1.19. The van der Waals surface area contributed by atoms with E-state index in [0.717, 1.165) is 11.1 Å². The number of fused-ring (bicyclic) bond motifs is 1. The van der Waals surface area contributed by atoms with E-state index in [1.165, 1.54) is 11.0 Å². The lowest BCUT2D eigenvalue weighted by Crippen LogP contribution is -2.56. The van der Waals surface area contributed by atoms with E-state index in [-0.39, 0.29) is 24.2 Å². The number of hydrogen-bond acceptors (Lipinski definition) is 6. The third-order valence-electron chi connectivity index (χ3n) is 6.74. The SMILES string of the molecule is CC(C)(C)OC(=O)N1[C@@H](Cc2ccc3c(c2F)COB3O)C(=O)O[C@H](c2ccccc2)[C@@H]1c1ccccc1. The van der Waals surface area contributed by atoms with Gasteiger partial charge in [-0.2, -0.15) is 0 Å². The van der Waals surface area contributed by atoms with E-state index in [1.54, 1.807) is 26.8 Å². The molecule has 3 aromatic carbocycles. The van der Waals surface area contributed by atoms with Crippen molar-refractivity contribution in [1.82, 2.24) is 4.90 Å². The van der Waals surface area contributed by atoms with Crippen LogP contribution in [0, 0.1) is 5.82 Å². The number of carbonyl (C=O) groups is 2. The van der Waals surface area contributed by atoms with Gasteiger partial charge in [0.15, 0.2) is 6.10 Å². The van der Waals surface area contributed by atoms with Gasteiger partial charge in [-0.1, -0.05) is 72.8 Å². The Bertz CT molecular complexity index is 1330. The van der Waals surface area contributed by atoms with E-state index in [1.807, 2.05) is 60.7 Å². The topological polar surface area (TPSA) is 85.3 Å². The maximum atomic E-state index is 15.5. The molecule has 5 rings (SSSR count). The van der Waals surface area contributed by atoms with Gasteiger partial charge in [-0.15, -0.1) is 0 Å². The lowest BCUT2D eigenvalue weighted by atomic mass is 9.78. The van der Waals surface area contributed by atoms with E-state index in [4.69, 9.17) is 14.1 Å². The van der Waals surface area contributed by atoms with Gasteiger partial charge < -0.3 is 19.2 Å². The summed E-state index contributed by atoms with van der Waals surface area (Å²) in [5, 5.41) is 9.95. The van der Waals surface area contributed by atoms with Gasteiger partial charge in [0.2, 0.25) is 0 Å². The first-order valence-corrected chi connectivity index (χ1v) is 12.6. The van der Waals surface area contributed by atoms with Crippen molar-refractivity contribution in [3.63, 3.8) is 0 Å². The van der Waals surface area contributed by atoms with Crippen LogP contribution in [0.25, 0.3) is 0 Å². The number of benzene rings is 3. The van der Waals surface area contributed by atoms with Crippen molar-refractivity contribution in [2.24, 2.45) is 0 Å². The summed E-state index contributed by atoms with van der Waals surface area (Å²) in [4.78, 5) is 28.8. The molecule has 7 nitrogen and oxygen atoms in total. The summed E-state index contributed by atoms with van der Waals surface area (Å²) >= 11 is 0. The highest BCUT2D eigenvalue weighted by molar-refractivity contribution is 6.61. The molecule has 3 atom stereocenters. The Kier molecular flexibility index (Phi) is 6.98. The van der Waals surface area contributed by atoms with E-state index in [9.17, 15) is 14.6 Å². The van der Waals surface area contributed by atoms with Crippen LogP contribution in [0.15, 0.2) is 72.8 Å². The van der Waals surface area contributed by atoms with Gasteiger partial charge in [0.25, 0.3) is 0 Å². The van der Waals surface area contributed by atoms with Crippen molar-refractivity contribution >= 4 is 24.6 Å². The number of carbonyl (C=O) groups excluding carboxylic acids is 2.